The van der Waals surface area contributed by atoms with Crippen molar-refractivity contribution in [1.29, 1.82) is 0 Å². The first-order valence-electron chi connectivity index (χ1n) is 6.69. The van der Waals surface area contributed by atoms with Gasteiger partial charge in [-0.25, -0.2) is 0 Å². The highest BCUT2D eigenvalue weighted by Gasteiger charge is 2.07. The molecular formula is C18H11NOS. The lowest BCUT2D eigenvalue weighted by Crippen LogP contribution is -2.00. The third kappa shape index (κ3) is 2.03. The van der Waals surface area contributed by atoms with Gasteiger partial charge in [0.05, 0.1) is 0 Å². The zero-order valence-corrected chi connectivity index (χ0v) is 11.9. The van der Waals surface area contributed by atoms with E-state index < -0.39 is 0 Å². The Bertz CT molecular complexity index is 1010. The molecule has 0 N–H and O–H groups in total. The van der Waals surface area contributed by atoms with Crippen molar-refractivity contribution in [1.82, 2.24) is 4.98 Å². The molecule has 4 aromatic rings. The summed E-state index contributed by atoms with van der Waals surface area (Å²) in [6.45, 7) is 0. The zero-order valence-electron chi connectivity index (χ0n) is 11.1. The Morgan fingerprint density at radius 1 is 0.810 bits per heavy atom. The minimum Gasteiger partial charge on any atom is -0.289 e. The number of pyridine rings is 1. The van der Waals surface area contributed by atoms with E-state index in [4.69, 9.17) is 0 Å². The highest BCUT2D eigenvalue weighted by Crippen LogP contribution is 2.28. The lowest BCUT2D eigenvalue weighted by atomic mass is 10.1. The minimum atomic E-state index is 0.108. The smallest absolute Gasteiger partial charge is 0.195 e. The second kappa shape index (κ2) is 4.79. The highest BCUT2D eigenvalue weighted by atomic mass is 32.1. The molecule has 0 saturated heterocycles. The Morgan fingerprint density at radius 3 is 2.52 bits per heavy atom. The number of fused-ring (bicyclic) bond motifs is 2. The van der Waals surface area contributed by atoms with Gasteiger partial charge in [-0.15, -0.1) is 11.3 Å². The predicted molar refractivity (Wildman–Crippen MR) is 88.8 cm³/mol. The van der Waals surface area contributed by atoms with E-state index in [0.29, 0.717) is 0 Å². The van der Waals surface area contributed by atoms with Crippen LogP contribution >= 0.6 is 11.3 Å². The molecule has 2 aromatic heterocycles. The predicted octanol–water partition coefficient (Wildman–Crippen LogP) is 4.48. The van der Waals surface area contributed by atoms with Gasteiger partial charge in [0.1, 0.15) is 0 Å². The molecule has 3 heteroatoms. The quantitative estimate of drug-likeness (QED) is 0.484. The summed E-state index contributed by atoms with van der Waals surface area (Å²) in [7, 11) is 0. The molecule has 0 unspecified atom stereocenters. The van der Waals surface area contributed by atoms with Gasteiger partial charge in [-0.3, -0.25) is 9.78 Å². The van der Waals surface area contributed by atoms with Crippen LogP contribution < -0.4 is 5.43 Å². The molecule has 0 atom stereocenters. The number of nitrogens with zero attached hydrogens (tertiary/aromatic N) is 1. The van der Waals surface area contributed by atoms with Crippen molar-refractivity contribution in [3.63, 3.8) is 0 Å². The normalized spacial score (nSPS) is 11.0. The Hall–Kier alpha value is -2.52. The van der Waals surface area contributed by atoms with Gasteiger partial charge in [-0.2, -0.15) is 0 Å². The Morgan fingerprint density at radius 2 is 1.67 bits per heavy atom. The van der Waals surface area contributed by atoms with Crippen LogP contribution in [0, 0.1) is 0 Å². The molecule has 0 saturated carbocycles. The molecule has 21 heavy (non-hydrogen) atoms. The van der Waals surface area contributed by atoms with E-state index in [1.165, 1.54) is 0 Å². The maximum atomic E-state index is 12.5. The first-order valence-corrected chi connectivity index (χ1v) is 7.50. The number of hydrogen-bond acceptors (Lipinski definition) is 3. The van der Waals surface area contributed by atoms with Crippen LogP contribution in [0.2, 0.25) is 0 Å². The van der Waals surface area contributed by atoms with Crippen LogP contribution in [0.1, 0.15) is 0 Å². The van der Waals surface area contributed by atoms with E-state index in [1.807, 2.05) is 54.7 Å². The van der Waals surface area contributed by atoms with Crippen LogP contribution in [0.25, 0.3) is 31.3 Å². The monoisotopic (exact) mass is 289 g/mol. The fourth-order valence-electron chi connectivity index (χ4n) is 2.51. The van der Waals surface area contributed by atoms with E-state index in [2.05, 4.69) is 11.1 Å². The third-order valence-electron chi connectivity index (χ3n) is 3.57. The molecule has 0 radical (unpaired) electrons. The summed E-state index contributed by atoms with van der Waals surface area (Å²) in [6.07, 6.45) is 3.60. The second-order valence-corrected chi connectivity index (χ2v) is 5.96. The van der Waals surface area contributed by atoms with Crippen molar-refractivity contribution in [3.8, 4) is 11.1 Å². The van der Waals surface area contributed by atoms with Gasteiger partial charge in [-0.1, -0.05) is 24.3 Å². The number of benzene rings is 2. The van der Waals surface area contributed by atoms with Crippen LogP contribution in [0.15, 0.2) is 71.8 Å². The van der Waals surface area contributed by atoms with E-state index >= 15 is 0 Å². The van der Waals surface area contributed by atoms with E-state index in [1.54, 1.807) is 17.5 Å². The van der Waals surface area contributed by atoms with Gasteiger partial charge in [0.2, 0.25) is 0 Å². The molecule has 4 rings (SSSR count). The van der Waals surface area contributed by atoms with Gasteiger partial charge >= 0.3 is 0 Å². The topological polar surface area (TPSA) is 30.0 Å². The molecule has 2 nitrogen and oxygen atoms in total. The van der Waals surface area contributed by atoms with Crippen LogP contribution in [-0.2, 0) is 0 Å². The van der Waals surface area contributed by atoms with Crippen LogP contribution in [0.5, 0.6) is 0 Å². The van der Waals surface area contributed by atoms with E-state index in [0.717, 1.165) is 31.3 Å². The summed E-state index contributed by atoms with van der Waals surface area (Å²) in [5.74, 6) is 0. The van der Waals surface area contributed by atoms with Crippen LogP contribution in [-0.4, -0.2) is 4.98 Å². The first-order chi connectivity index (χ1) is 10.3. The fourth-order valence-corrected chi connectivity index (χ4v) is 3.63. The Balaban J connectivity index is 2.04. The molecule has 2 aromatic carbocycles. The molecule has 0 aliphatic heterocycles. The van der Waals surface area contributed by atoms with Crippen molar-refractivity contribution >= 4 is 31.5 Å². The Kier molecular flexibility index (Phi) is 2.79. The Labute approximate surface area is 125 Å². The second-order valence-electron chi connectivity index (χ2n) is 4.88. The number of rotatable bonds is 1. The van der Waals surface area contributed by atoms with Crippen molar-refractivity contribution < 1.29 is 0 Å². The summed E-state index contributed by atoms with van der Waals surface area (Å²) in [4.78, 5) is 16.7. The summed E-state index contributed by atoms with van der Waals surface area (Å²) < 4.78 is 2.04. The summed E-state index contributed by atoms with van der Waals surface area (Å²) in [6, 6.07) is 17.7. The van der Waals surface area contributed by atoms with Crippen molar-refractivity contribution in [2.45, 2.75) is 0 Å². The average molecular weight is 289 g/mol. The largest absolute Gasteiger partial charge is 0.289 e. The first kappa shape index (κ1) is 12.2. The lowest BCUT2D eigenvalue weighted by Gasteiger charge is -2.04. The van der Waals surface area contributed by atoms with E-state index in [-0.39, 0.29) is 5.43 Å². The maximum absolute atomic E-state index is 12.5. The van der Waals surface area contributed by atoms with Gasteiger partial charge < -0.3 is 0 Å². The fraction of sp³-hybridized carbons (Fsp3) is 0. The van der Waals surface area contributed by atoms with Crippen molar-refractivity contribution in [2.24, 2.45) is 0 Å². The highest BCUT2D eigenvalue weighted by molar-refractivity contribution is 7.24. The van der Waals surface area contributed by atoms with Crippen LogP contribution in [0.3, 0.4) is 0 Å². The summed E-state index contributed by atoms with van der Waals surface area (Å²) >= 11 is 1.65. The van der Waals surface area contributed by atoms with Gasteiger partial charge in [-0.05, 0) is 35.9 Å². The van der Waals surface area contributed by atoms with Gasteiger partial charge in [0.25, 0.3) is 0 Å². The van der Waals surface area contributed by atoms with Gasteiger partial charge in [0, 0.05) is 38.1 Å². The van der Waals surface area contributed by atoms with Crippen molar-refractivity contribution in [3.05, 3.63) is 77.2 Å². The molecule has 0 bridgehead atoms. The maximum Gasteiger partial charge on any atom is 0.195 e. The summed E-state index contributed by atoms with van der Waals surface area (Å²) in [5, 5.41) is 1.58. The minimum absolute atomic E-state index is 0.108. The average Bonchev–Trinajstić information content (AvgIpc) is 2.55. The molecule has 0 amide bonds. The standard InChI is InChI=1S/C18H11NOS/c20-18-14-5-1-2-6-16(14)21-17-10-12(7-8-15(17)18)13-4-3-9-19-11-13/h1-11H. The summed E-state index contributed by atoms with van der Waals surface area (Å²) in [5.41, 5.74) is 2.26. The number of hydrogen-bond donors (Lipinski definition) is 0. The molecule has 0 aliphatic rings. The molecule has 0 spiro atoms. The molecule has 100 valence electrons. The molecule has 2 heterocycles. The number of aromatic nitrogens is 1. The lowest BCUT2D eigenvalue weighted by molar-refractivity contribution is 1.33. The molecular weight excluding hydrogens is 278 g/mol. The SMILES string of the molecule is O=c1c2ccccc2sc2cc(-c3cccnc3)ccc12. The molecule has 0 aliphatic carbocycles. The zero-order chi connectivity index (χ0) is 14.2. The van der Waals surface area contributed by atoms with Crippen molar-refractivity contribution in [2.75, 3.05) is 0 Å². The third-order valence-corrected chi connectivity index (χ3v) is 4.71. The van der Waals surface area contributed by atoms with E-state index in [9.17, 15) is 4.79 Å². The molecule has 0 fully saturated rings. The van der Waals surface area contributed by atoms with Gasteiger partial charge in [0.15, 0.2) is 5.43 Å². The van der Waals surface area contributed by atoms with Crippen LogP contribution in [0.4, 0.5) is 0 Å².